The molecule has 0 N–H and O–H groups in total. The summed E-state index contributed by atoms with van der Waals surface area (Å²) in [5.41, 5.74) is 1.12. The molecule has 0 aliphatic carbocycles. The molecule has 2 aliphatic rings. The van der Waals surface area contributed by atoms with Crippen molar-refractivity contribution < 1.29 is 14.3 Å². The molecule has 3 rings (SSSR count). The number of methoxy groups -OCH3 is 2. The summed E-state index contributed by atoms with van der Waals surface area (Å²) in [7, 11) is 3.37. The number of nitrogens with zero attached hydrogens (tertiary/aromatic N) is 2. The third-order valence-corrected chi connectivity index (χ3v) is 4.96. The van der Waals surface area contributed by atoms with Gasteiger partial charge in [-0.05, 0) is 50.4 Å². The molecule has 0 aromatic heterocycles. The minimum atomic E-state index is 0.228. The summed E-state index contributed by atoms with van der Waals surface area (Å²) in [6, 6.07) is 6.14. The van der Waals surface area contributed by atoms with Crippen LogP contribution in [-0.4, -0.2) is 56.1 Å². The van der Waals surface area contributed by atoms with Crippen molar-refractivity contribution in [1.82, 2.24) is 9.80 Å². The Bertz CT molecular complexity index is 555. The Hall–Kier alpha value is -1.75. The van der Waals surface area contributed by atoms with Crippen LogP contribution in [0.15, 0.2) is 18.2 Å². The Kier molecular flexibility index (Phi) is 5.06. The highest BCUT2D eigenvalue weighted by Gasteiger charge is 2.31. The Labute approximate surface area is 138 Å². The lowest BCUT2D eigenvalue weighted by Crippen LogP contribution is -2.38. The first-order chi connectivity index (χ1) is 11.2. The van der Waals surface area contributed by atoms with Gasteiger partial charge in [-0.2, -0.15) is 0 Å². The molecule has 5 nitrogen and oxygen atoms in total. The van der Waals surface area contributed by atoms with Gasteiger partial charge in [0.2, 0.25) is 5.91 Å². The van der Waals surface area contributed by atoms with Gasteiger partial charge in [0.15, 0.2) is 0 Å². The van der Waals surface area contributed by atoms with Crippen molar-refractivity contribution in [3.05, 3.63) is 23.8 Å². The lowest BCUT2D eigenvalue weighted by atomic mass is 10.0. The topological polar surface area (TPSA) is 42.0 Å². The van der Waals surface area contributed by atoms with Crippen molar-refractivity contribution in [2.75, 3.05) is 40.4 Å². The minimum Gasteiger partial charge on any atom is -0.497 e. The van der Waals surface area contributed by atoms with Crippen LogP contribution in [0.4, 0.5) is 0 Å². The van der Waals surface area contributed by atoms with E-state index in [4.69, 9.17) is 9.47 Å². The van der Waals surface area contributed by atoms with E-state index >= 15 is 0 Å². The largest absolute Gasteiger partial charge is 0.497 e. The highest BCUT2D eigenvalue weighted by Crippen LogP contribution is 2.38. The van der Waals surface area contributed by atoms with Gasteiger partial charge in [-0.15, -0.1) is 0 Å². The number of benzene rings is 1. The number of carbonyl (C=O) groups excluding carboxylic acids is 1. The molecule has 23 heavy (non-hydrogen) atoms. The van der Waals surface area contributed by atoms with E-state index in [0.717, 1.165) is 62.4 Å². The zero-order valence-corrected chi connectivity index (χ0v) is 14.1. The lowest BCUT2D eigenvalue weighted by molar-refractivity contribution is -0.131. The first-order valence-corrected chi connectivity index (χ1v) is 8.46. The van der Waals surface area contributed by atoms with E-state index in [1.165, 1.54) is 0 Å². The molecule has 0 spiro atoms. The average Bonchev–Trinajstić information content (AvgIpc) is 3.25. The van der Waals surface area contributed by atoms with E-state index in [0.29, 0.717) is 6.54 Å². The fraction of sp³-hybridized carbons (Fsp3) is 0.611. The zero-order valence-electron chi connectivity index (χ0n) is 14.1. The van der Waals surface area contributed by atoms with Gasteiger partial charge >= 0.3 is 0 Å². The van der Waals surface area contributed by atoms with Crippen molar-refractivity contribution in [2.45, 2.75) is 31.7 Å². The number of amides is 1. The van der Waals surface area contributed by atoms with E-state index in [9.17, 15) is 4.79 Å². The van der Waals surface area contributed by atoms with Gasteiger partial charge < -0.3 is 14.4 Å². The summed E-state index contributed by atoms with van der Waals surface area (Å²) >= 11 is 0. The standard InChI is InChI=1S/C18H26N2O3/c1-22-14-7-8-17(23-2)15(12-14)16-6-5-11-20(16)13-18(21)19-9-3-4-10-19/h7-8,12,16H,3-6,9-11,13H2,1-2H3/t16-/m0/s1. The number of rotatable bonds is 5. The lowest BCUT2D eigenvalue weighted by Gasteiger charge is -2.27. The molecule has 0 unspecified atom stereocenters. The number of carbonyl (C=O) groups is 1. The Morgan fingerprint density at radius 1 is 1.13 bits per heavy atom. The van der Waals surface area contributed by atoms with E-state index in [1.54, 1.807) is 14.2 Å². The summed E-state index contributed by atoms with van der Waals surface area (Å²) < 4.78 is 10.9. The molecule has 126 valence electrons. The summed E-state index contributed by atoms with van der Waals surface area (Å²) in [6.45, 7) is 3.30. The molecule has 1 aromatic carbocycles. The summed E-state index contributed by atoms with van der Waals surface area (Å²) in [6.07, 6.45) is 4.44. The van der Waals surface area contributed by atoms with Gasteiger partial charge in [0.05, 0.1) is 20.8 Å². The predicted octanol–water partition coefficient (Wildman–Crippen LogP) is 2.46. The molecule has 2 fully saturated rings. The predicted molar refractivity (Wildman–Crippen MR) is 88.9 cm³/mol. The van der Waals surface area contributed by atoms with Gasteiger partial charge in [-0.25, -0.2) is 0 Å². The van der Waals surface area contributed by atoms with Crippen LogP contribution in [0.2, 0.25) is 0 Å². The molecular weight excluding hydrogens is 292 g/mol. The van der Waals surface area contributed by atoms with Crippen LogP contribution in [0.1, 0.15) is 37.3 Å². The molecule has 5 heteroatoms. The number of ether oxygens (including phenoxy) is 2. The number of hydrogen-bond acceptors (Lipinski definition) is 4. The SMILES string of the molecule is COc1ccc(OC)c([C@@H]2CCCN2CC(=O)N2CCCC2)c1. The van der Waals surface area contributed by atoms with Gasteiger partial charge in [-0.1, -0.05) is 0 Å². The van der Waals surface area contributed by atoms with Gasteiger partial charge in [0.25, 0.3) is 0 Å². The molecule has 0 radical (unpaired) electrons. The summed E-state index contributed by atoms with van der Waals surface area (Å²) in [5.74, 6) is 1.96. The maximum absolute atomic E-state index is 12.5. The normalized spacial score (nSPS) is 21.7. The third kappa shape index (κ3) is 3.44. The summed E-state index contributed by atoms with van der Waals surface area (Å²) in [5, 5.41) is 0. The van der Waals surface area contributed by atoms with Crippen molar-refractivity contribution in [3.8, 4) is 11.5 Å². The van der Waals surface area contributed by atoms with Crippen LogP contribution in [0.5, 0.6) is 11.5 Å². The molecule has 0 bridgehead atoms. The number of likely N-dealkylation sites (tertiary alicyclic amines) is 2. The monoisotopic (exact) mass is 318 g/mol. The van der Waals surface area contributed by atoms with E-state index < -0.39 is 0 Å². The minimum absolute atomic E-state index is 0.228. The molecule has 1 amide bonds. The van der Waals surface area contributed by atoms with Gasteiger partial charge in [0.1, 0.15) is 11.5 Å². The first-order valence-electron chi connectivity index (χ1n) is 8.46. The Morgan fingerprint density at radius 2 is 1.91 bits per heavy atom. The summed E-state index contributed by atoms with van der Waals surface area (Å²) in [4.78, 5) is 16.8. The van der Waals surface area contributed by atoms with E-state index in [1.807, 2.05) is 23.1 Å². The first kappa shape index (κ1) is 16.1. The molecule has 2 saturated heterocycles. The van der Waals surface area contributed by atoms with Crippen LogP contribution in [0, 0.1) is 0 Å². The van der Waals surface area contributed by atoms with Crippen LogP contribution >= 0.6 is 0 Å². The second-order valence-electron chi connectivity index (χ2n) is 6.32. The number of hydrogen-bond donors (Lipinski definition) is 0. The molecule has 0 saturated carbocycles. The fourth-order valence-corrected chi connectivity index (χ4v) is 3.71. The second-order valence-corrected chi connectivity index (χ2v) is 6.32. The Balaban J connectivity index is 1.76. The Morgan fingerprint density at radius 3 is 2.61 bits per heavy atom. The zero-order chi connectivity index (χ0) is 16.2. The third-order valence-electron chi connectivity index (χ3n) is 4.96. The van der Waals surface area contributed by atoms with E-state index in [2.05, 4.69) is 4.90 Å². The average molecular weight is 318 g/mol. The van der Waals surface area contributed by atoms with Crippen LogP contribution in [-0.2, 0) is 4.79 Å². The maximum Gasteiger partial charge on any atom is 0.236 e. The van der Waals surface area contributed by atoms with E-state index in [-0.39, 0.29) is 11.9 Å². The van der Waals surface area contributed by atoms with Crippen molar-refractivity contribution in [1.29, 1.82) is 0 Å². The molecule has 1 atom stereocenters. The quantitative estimate of drug-likeness (QED) is 0.836. The van der Waals surface area contributed by atoms with Crippen LogP contribution < -0.4 is 9.47 Å². The smallest absolute Gasteiger partial charge is 0.236 e. The van der Waals surface area contributed by atoms with Crippen molar-refractivity contribution >= 4 is 5.91 Å². The molecule has 1 aromatic rings. The van der Waals surface area contributed by atoms with Gasteiger partial charge in [0, 0.05) is 24.7 Å². The van der Waals surface area contributed by atoms with Crippen LogP contribution in [0.3, 0.4) is 0 Å². The molecular formula is C18H26N2O3. The fourth-order valence-electron chi connectivity index (χ4n) is 3.71. The van der Waals surface area contributed by atoms with Gasteiger partial charge in [-0.3, -0.25) is 9.69 Å². The second kappa shape index (κ2) is 7.21. The van der Waals surface area contributed by atoms with Crippen LogP contribution in [0.25, 0.3) is 0 Å². The van der Waals surface area contributed by atoms with Crippen molar-refractivity contribution in [3.63, 3.8) is 0 Å². The molecule has 2 heterocycles. The highest BCUT2D eigenvalue weighted by molar-refractivity contribution is 5.78. The van der Waals surface area contributed by atoms with Crippen molar-refractivity contribution in [2.24, 2.45) is 0 Å². The molecule has 2 aliphatic heterocycles. The highest BCUT2D eigenvalue weighted by atomic mass is 16.5. The maximum atomic E-state index is 12.5.